The number of phenols is 1. The molecular weight excluding hydrogens is 264 g/mol. The number of benzene rings is 1. The van der Waals surface area contributed by atoms with Crippen molar-refractivity contribution in [2.24, 2.45) is 0 Å². The molecule has 0 atom stereocenters. The maximum atomic E-state index is 10.1. The largest absolute Gasteiger partial charge is 0.507 e. The van der Waals surface area contributed by atoms with E-state index < -0.39 is 11.8 Å². The van der Waals surface area contributed by atoms with Gasteiger partial charge in [0.15, 0.2) is 0 Å². The fraction of sp³-hybridized carbons (Fsp3) is 0.538. The van der Waals surface area contributed by atoms with E-state index in [1.54, 1.807) is 12.1 Å². The zero-order chi connectivity index (χ0) is 15.6. The van der Waals surface area contributed by atoms with Crippen molar-refractivity contribution in [2.45, 2.75) is 45.7 Å². The lowest BCUT2D eigenvalue weighted by Gasteiger charge is -2.21. The summed E-state index contributed by atoms with van der Waals surface area (Å²) in [5.74, 6) is -4.11. The van der Waals surface area contributed by atoms with E-state index in [0.29, 0.717) is 11.1 Å². The molecule has 114 valence electrons. The predicted molar refractivity (Wildman–Crippen MR) is 72.2 cm³/mol. The summed E-state index contributed by atoms with van der Waals surface area (Å²) in [6.07, 6.45) is 0. The molecule has 0 aliphatic rings. The third-order valence-electron chi connectivity index (χ3n) is 2.64. The number of aryl methyl sites for hydroxylation is 1. The average molecular weight is 286 g/mol. The van der Waals surface area contributed by atoms with Crippen LogP contribution in [0.15, 0.2) is 12.1 Å². The third-order valence-corrected chi connectivity index (χ3v) is 2.64. The molecule has 0 aliphatic carbocycles. The molecule has 20 heavy (non-hydrogen) atoms. The minimum absolute atomic E-state index is 0.0379. The van der Waals surface area contributed by atoms with Gasteiger partial charge in [-0.2, -0.15) is 0 Å². The van der Waals surface area contributed by atoms with E-state index in [-0.39, 0.29) is 18.8 Å². The lowest BCUT2D eigenvalue weighted by atomic mass is 10.0. The van der Waals surface area contributed by atoms with Gasteiger partial charge in [0, 0.05) is 38.1 Å². The van der Waals surface area contributed by atoms with E-state index in [2.05, 4.69) is 10.6 Å². The number of aliphatic hydroxyl groups is 4. The molecule has 0 saturated heterocycles. The van der Waals surface area contributed by atoms with Gasteiger partial charge in [0.1, 0.15) is 5.75 Å². The van der Waals surface area contributed by atoms with Gasteiger partial charge in [-0.05, 0) is 6.92 Å². The number of aromatic hydroxyl groups is 1. The lowest BCUT2D eigenvalue weighted by molar-refractivity contribution is -0.171. The van der Waals surface area contributed by atoms with Crippen LogP contribution in [0.1, 0.15) is 30.5 Å². The van der Waals surface area contributed by atoms with Crippen LogP contribution in [0.4, 0.5) is 0 Å². The van der Waals surface area contributed by atoms with Crippen molar-refractivity contribution in [3.8, 4) is 5.75 Å². The molecule has 0 aliphatic heterocycles. The Morgan fingerprint density at radius 2 is 1.25 bits per heavy atom. The van der Waals surface area contributed by atoms with Gasteiger partial charge in [-0.15, -0.1) is 0 Å². The fourth-order valence-corrected chi connectivity index (χ4v) is 1.73. The Labute approximate surface area is 117 Å². The molecule has 7 heteroatoms. The summed E-state index contributed by atoms with van der Waals surface area (Å²) in [5, 5.41) is 51.8. The number of hydrogen-bond acceptors (Lipinski definition) is 7. The maximum absolute atomic E-state index is 10.1. The summed E-state index contributed by atoms with van der Waals surface area (Å²) < 4.78 is 0. The second-order valence-electron chi connectivity index (χ2n) is 5.18. The topological polar surface area (TPSA) is 125 Å². The van der Waals surface area contributed by atoms with E-state index in [0.717, 1.165) is 5.56 Å². The van der Waals surface area contributed by atoms with Gasteiger partial charge in [-0.25, -0.2) is 0 Å². The average Bonchev–Trinajstić information content (AvgIpc) is 2.25. The van der Waals surface area contributed by atoms with Crippen molar-refractivity contribution >= 4 is 0 Å². The van der Waals surface area contributed by atoms with Gasteiger partial charge >= 0.3 is 0 Å². The van der Waals surface area contributed by atoms with E-state index >= 15 is 0 Å². The first kappa shape index (κ1) is 16.8. The Kier molecular flexibility index (Phi) is 5.09. The van der Waals surface area contributed by atoms with Crippen LogP contribution in [-0.4, -0.2) is 37.4 Å². The SMILES string of the molecule is Cc1cc(CNC(C)(O)O)c(O)c(CNC(C)(O)O)c1. The van der Waals surface area contributed by atoms with Gasteiger partial charge in [-0.1, -0.05) is 17.7 Å². The van der Waals surface area contributed by atoms with E-state index in [4.69, 9.17) is 0 Å². The lowest BCUT2D eigenvalue weighted by Crippen LogP contribution is -2.41. The Hall–Kier alpha value is -1.22. The van der Waals surface area contributed by atoms with Gasteiger partial charge in [-0.3, -0.25) is 10.6 Å². The number of rotatable bonds is 6. The van der Waals surface area contributed by atoms with E-state index in [1.807, 2.05) is 6.92 Å². The van der Waals surface area contributed by atoms with Gasteiger partial charge < -0.3 is 25.5 Å². The summed E-state index contributed by atoms with van der Waals surface area (Å²) in [5.41, 5.74) is 1.81. The highest BCUT2D eigenvalue weighted by Gasteiger charge is 2.18. The minimum atomic E-state index is -2.04. The molecule has 1 aromatic rings. The highest BCUT2D eigenvalue weighted by atomic mass is 16.5. The monoisotopic (exact) mass is 286 g/mol. The summed E-state index contributed by atoms with van der Waals surface area (Å²) in [7, 11) is 0. The molecule has 0 saturated carbocycles. The van der Waals surface area contributed by atoms with Gasteiger partial charge in [0.2, 0.25) is 11.8 Å². The molecule has 0 amide bonds. The summed E-state index contributed by atoms with van der Waals surface area (Å²) >= 11 is 0. The molecular formula is C13H22N2O5. The summed E-state index contributed by atoms with van der Waals surface area (Å²) in [6.45, 7) is 4.27. The first-order chi connectivity index (χ1) is 8.98. The molecule has 0 bridgehead atoms. The standard InChI is InChI=1S/C13H22N2O5/c1-8-4-9(6-14-12(2,17)18)11(16)10(5-8)7-15-13(3,19)20/h4-5,14-20H,6-7H2,1-3H3. The van der Waals surface area contributed by atoms with Gasteiger partial charge in [0.25, 0.3) is 0 Å². The maximum Gasteiger partial charge on any atom is 0.219 e. The molecule has 1 rings (SSSR count). The molecule has 1 aromatic carbocycles. The Balaban J connectivity index is 2.89. The van der Waals surface area contributed by atoms with Crippen LogP contribution in [0.5, 0.6) is 5.75 Å². The van der Waals surface area contributed by atoms with Crippen LogP contribution in [0.25, 0.3) is 0 Å². The molecule has 0 spiro atoms. The van der Waals surface area contributed by atoms with Crippen molar-refractivity contribution in [1.82, 2.24) is 10.6 Å². The molecule has 0 heterocycles. The van der Waals surface area contributed by atoms with Crippen molar-refractivity contribution in [3.05, 3.63) is 28.8 Å². The number of hydrogen-bond donors (Lipinski definition) is 7. The fourth-order valence-electron chi connectivity index (χ4n) is 1.73. The molecule has 7 N–H and O–H groups in total. The molecule has 7 nitrogen and oxygen atoms in total. The summed E-state index contributed by atoms with van der Waals surface area (Å²) in [6, 6.07) is 3.41. The van der Waals surface area contributed by atoms with Crippen LogP contribution >= 0.6 is 0 Å². The molecule has 0 aromatic heterocycles. The smallest absolute Gasteiger partial charge is 0.219 e. The van der Waals surface area contributed by atoms with Crippen molar-refractivity contribution < 1.29 is 25.5 Å². The second kappa shape index (κ2) is 6.04. The van der Waals surface area contributed by atoms with Crippen LogP contribution in [-0.2, 0) is 13.1 Å². The summed E-state index contributed by atoms with van der Waals surface area (Å²) in [4.78, 5) is 0. The first-order valence-electron chi connectivity index (χ1n) is 6.19. The molecule has 0 unspecified atom stereocenters. The Morgan fingerprint density at radius 3 is 1.55 bits per heavy atom. The Bertz CT molecular complexity index is 424. The van der Waals surface area contributed by atoms with E-state index in [1.165, 1.54) is 13.8 Å². The highest BCUT2D eigenvalue weighted by Crippen LogP contribution is 2.25. The zero-order valence-electron chi connectivity index (χ0n) is 11.8. The predicted octanol–water partition coefficient (Wildman–Crippen LogP) is -0.804. The van der Waals surface area contributed by atoms with Crippen LogP contribution < -0.4 is 10.6 Å². The van der Waals surface area contributed by atoms with Crippen molar-refractivity contribution in [2.75, 3.05) is 0 Å². The highest BCUT2D eigenvalue weighted by molar-refractivity contribution is 5.43. The quantitative estimate of drug-likeness (QED) is 0.341. The van der Waals surface area contributed by atoms with Crippen LogP contribution in [0, 0.1) is 6.92 Å². The Morgan fingerprint density at radius 1 is 0.900 bits per heavy atom. The first-order valence-corrected chi connectivity index (χ1v) is 6.19. The van der Waals surface area contributed by atoms with Crippen molar-refractivity contribution in [3.63, 3.8) is 0 Å². The normalized spacial score (nSPS) is 12.8. The van der Waals surface area contributed by atoms with Gasteiger partial charge in [0.05, 0.1) is 0 Å². The number of phenolic OH excluding ortho intramolecular Hbond substituents is 1. The minimum Gasteiger partial charge on any atom is -0.507 e. The van der Waals surface area contributed by atoms with Crippen molar-refractivity contribution in [1.29, 1.82) is 0 Å². The third kappa shape index (κ3) is 5.83. The number of nitrogens with one attached hydrogen (secondary N) is 2. The van der Waals surface area contributed by atoms with E-state index in [9.17, 15) is 25.5 Å². The molecule has 0 fully saturated rings. The van der Waals surface area contributed by atoms with Crippen LogP contribution in [0.2, 0.25) is 0 Å². The molecule has 0 radical (unpaired) electrons. The second-order valence-corrected chi connectivity index (χ2v) is 5.18. The van der Waals surface area contributed by atoms with Crippen LogP contribution in [0.3, 0.4) is 0 Å². The zero-order valence-corrected chi connectivity index (χ0v) is 11.8.